The highest BCUT2D eigenvalue weighted by atomic mass is 32.1. The van der Waals surface area contributed by atoms with Crippen LogP contribution in [0.4, 0.5) is 0 Å². The highest BCUT2D eigenvalue weighted by molar-refractivity contribution is 7.80. The Morgan fingerprint density at radius 3 is 2.27 bits per heavy atom. The summed E-state index contributed by atoms with van der Waals surface area (Å²) in [5.41, 5.74) is 6.21. The summed E-state index contributed by atoms with van der Waals surface area (Å²) in [7, 11) is 0. The first-order chi connectivity index (χ1) is 16.0. The first kappa shape index (κ1) is 22.7. The summed E-state index contributed by atoms with van der Waals surface area (Å²) in [5.74, 6) is 0. The number of hydrogen-bond donors (Lipinski definition) is 2. The molecule has 1 aromatic heterocycles. The summed E-state index contributed by atoms with van der Waals surface area (Å²) >= 11 is 5.77. The number of rotatable bonds is 7. The second-order valence-electron chi connectivity index (χ2n) is 8.48. The maximum absolute atomic E-state index is 12.9. The topological polar surface area (TPSA) is 48.1 Å². The van der Waals surface area contributed by atoms with E-state index < -0.39 is 0 Å². The molecule has 0 fully saturated rings. The highest BCUT2D eigenvalue weighted by Gasteiger charge is 2.14. The van der Waals surface area contributed by atoms with E-state index in [0.717, 1.165) is 40.6 Å². The third-order valence-corrected chi connectivity index (χ3v) is 6.19. The van der Waals surface area contributed by atoms with E-state index in [1.165, 1.54) is 5.56 Å². The van der Waals surface area contributed by atoms with Crippen LogP contribution in [0.3, 0.4) is 0 Å². The van der Waals surface area contributed by atoms with Gasteiger partial charge in [-0.25, -0.2) is 0 Å². The number of H-pyrrole nitrogens is 1. The molecule has 0 amide bonds. The van der Waals surface area contributed by atoms with Gasteiger partial charge in [0.1, 0.15) is 0 Å². The number of nitrogens with one attached hydrogen (secondary N) is 2. The molecular weight excluding hydrogens is 426 g/mol. The van der Waals surface area contributed by atoms with Crippen molar-refractivity contribution >= 4 is 28.2 Å². The molecule has 0 unspecified atom stereocenters. The molecule has 5 heteroatoms. The Morgan fingerprint density at radius 1 is 0.909 bits per heavy atom. The van der Waals surface area contributed by atoms with Crippen LogP contribution in [0.2, 0.25) is 0 Å². The Balaban J connectivity index is 1.56. The third-order valence-electron chi connectivity index (χ3n) is 5.79. The molecule has 3 aromatic carbocycles. The molecule has 0 bridgehead atoms. The molecule has 33 heavy (non-hydrogen) atoms. The van der Waals surface area contributed by atoms with Crippen molar-refractivity contribution in [2.75, 3.05) is 6.54 Å². The molecule has 0 atom stereocenters. The van der Waals surface area contributed by atoms with E-state index in [-0.39, 0.29) is 5.56 Å². The molecule has 0 aliphatic rings. The van der Waals surface area contributed by atoms with E-state index in [1.807, 2.05) is 55.5 Å². The number of nitrogens with zero attached hydrogens (tertiary/aromatic N) is 1. The molecule has 2 N–H and O–H groups in total. The van der Waals surface area contributed by atoms with Gasteiger partial charge >= 0.3 is 0 Å². The normalized spacial score (nSPS) is 10.8. The minimum atomic E-state index is -0.0716. The van der Waals surface area contributed by atoms with Crippen LogP contribution in [-0.4, -0.2) is 21.5 Å². The van der Waals surface area contributed by atoms with E-state index in [9.17, 15) is 4.79 Å². The number of hydrogen-bond acceptors (Lipinski definition) is 2. The molecule has 0 spiro atoms. The maximum Gasteiger partial charge on any atom is 0.253 e. The summed E-state index contributed by atoms with van der Waals surface area (Å²) < 4.78 is 0. The fourth-order valence-corrected chi connectivity index (χ4v) is 4.34. The van der Waals surface area contributed by atoms with Crippen molar-refractivity contribution in [3.8, 4) is 0 Å². The monoisotopic (exact) mass is 455 g/mol. The summed E-state index contributed by atoms with van der Waals surface area (Å²) in [5, 5.41) is 5.11. The van der Waals surface area contributed by atoms with Gasteiger partial charge in [-0.1, -0.05) is 66.7 Å². The first-order valence-corrected chi connectivity index (χ1v) is 11.6. The highest BCUT2D eigenvalue weighted by Crippen LogP contribution is 2.19. The summed E-state index contributed by atoms with van der Waals surface area (Å²) in [6, 6.07) is 26.7. The Bertz CT molecular complexity index is 1300. The van der Waals surface area contributed by atoms with E-state index in [0.29, 0.717) is 23.8 Å². The van der Waals surface area contributed by atoms with Crippen molar-refractivity contribution < 1.29 is 0 Å². The standard InChI is InChI=1S/C28H29N3OS/c1-20-15-21(2)25-17-24(27(32)30-26(25)16-20)19-31(18-23-11-7-4-8-12-23)28(33)29-14-13-22-9-5-3-6-10-22/h3-12,15-17H,13-14,18-19H2,1-2H3,(H,29,33)(H,30,32). The summed E-state index contributed by atoms with van der Waals surface area (Å²) in [4.78, 5) is 18.1. The zero-order valence-corrected chi connectivity index (χ0v) is 19.9. The van der Waals surface area contributed by atoms with Gasteiger partial charge in [0.25, 0.3) is 5.56 Å². The molecule has 4 aromatic rings. The predicted molar refractivity (Wildman–Crippen MR) is 140 cm³/mol. The van der Waals surface area contributed by atoms with Gasteiger partial charge < -0.3 is 15.2 Å². The molecule has 0 aliphatic heterocycles. The van der Waals surface area contributed by atoms with Crippen LogP contribution in [0.1, 0.15) is 27.8 Å². The number of aryl methyl sites for hydroxylation is 2. The zero-order valence-electron chi connectivity index (χ0n) is 19.1. The van der Waals surface area contributed by atoms with Gasteiger partial charge in [0, 0.05) is 29.6 Å². The molecule has 0 radical (unpaired) electrons. The zero-order chi connectivity index (χ0) is 23.2. The van der Waals surface area contributed by atoms with Crippen LogP contribution in [0.15, 0.2) is 83.7 Å². The second kappa shape index (κ2) is 10.5. The van der Waals surface area contributed by atoms with Gasteiger partial charge in [-0.3, -0.25) is 4.79 Å². The molecule has 4 rings (SSSR count). The van der Waals surface area contributed by atoms with Crippen LogP contribution in [0, 0.1) is 13.8 Å². The molecular formula is C28H29N3OS. The van der Waals surface area contributed by atoms with Gasteiger partial charge in [-0.15, -0.1) is 0 Å². The quantitative estimate of drug-likeness (QED) is 0.373. The van der Waals surface area contributed by atoms with Crippen molar-refractivity contribution in [1.82, 2.24) is 15.2 Å². The van der Waals surface area contributed by atoms with E-state index in [2.05, 4.69) is 52.5 Å². The molecule has 168 valence electrons. The van der Waals surface area contributed by atoms with Crippen molar-refractivity contribution in [3.05, 3.63) is 117 Å². The lowest BCUT2D eigenvalue weighted by Crippen LogP contribution is -2.40. The predicted octanol–water partition coefficient (Wildman–Crippen LogP) is 5.26. The Hall–Kier alpha value is -3.44. The minimum absolute atomic E-state index is 0.0716. The lowest BCUT2D eigenvalue weighted by Gasteiger charge is -2.26. The van der Waals surface area contributed by atoms with Crippen molar-refractivity contribution in [1.29, 1.82) is 0 Å². The fraction of sp³-hybridized carbons (Fsp3) is 0.214. The van der Waals surface area contributed by atoms with Crippen LogP contribution in [0.25, 0.3) is 10.9 Å². The number of benzene rings is 3. The number of aromatic nitrogens is 1. The number of thiocarbonyl (C=S) groups is 1. The minimum Gasteiger partial charge on any atom is -0.362 e. The number of aromatic amines is 1. The molecule has 0 saturated carbocycles. The van der Waals surface area contributed by atoms with Crippen LogP contribution >= 0.6 is 12.2 Å². The summed E-state index contributed by atoms with van der Waals surface area (Å²) in [6.07, 6.45) is 0.884. The summed E-state index contributed by atoms with van der Waals surface area (Å²) in [6.45, 7) is 5.92. The van der Waals surface area contributed by atoms with E-state index in [1.54, 1.807) is 0 Å². The molecule has 1 heterocycles. The largest absolute Gasteiger partial charge is 0.362 e. The van der Waals surface area contributed by atoms with Crippen molar-refractivity contribution in [2.45, 2.75) is 33.4 Å². The second-order valence-corrected chi connectivity index (χ2v) is 8.86. The average Bonchev–Trinajstić information content (AvgIpc) is 2.80. The number of fused-ring (bicyclic) bond motifs is 1. The average molecular weight is 456 g/mol. The molecule has 0 saturated heterocycles. The van der Waals surface area contributed by atoms with Crippen LogP contribution in [0.5, 0.6) is 0 Å². The fourth-order valence-electron chi connectivity index (χ4n) is 4.11. The van der Waals surface area contributed by atoms with Gasteiger partial charge in [0.15, 0.2) is 5.11 Å². The van der Waals surface area contributed by atoms with Gasteiger partial charge in [-0.2, -0.15) is 0 Å². The Morgan fingerprint density at radius 2 is 1.58 bits per heavy atom. The van der Waals surface area contributed by atoms with Gasteiger partial charge in [-0.05, 0) is 66.9 Å². The Labute approximate surface area is 200 Å². The lowest BCUT2D eigenvalue weighted by atomic mass is 10.0. The van der Waals surface area contributed by atoms with Crippen molar-refractivity contribution in [3.63, 3.8) is 0 Å². The van der Waals surface area contributed by atoms with Gasteiger partial charge in [0.2, 0.25) is 0 Å². The number of pyridine rings is 1. The molecule has 0 aliphatic carbocycles. The Kier molecular flexibility index (Phi) is 7.20. The smallest absolute Gasteiger partial charge is 0.253 e. The van der Waals surface area contributed by atoms with E-state index in [4.69, 9.17) is 12.2 Å². The lowest BCUT2D eigenvalue weighted by molar-refractivity contribution is 0.398. The van der Waals surface area contributed by atoms with Crippen LogP contribution in [-0.2, 0) is 19.5 Å². The van der Waals surface area contributed by atoms with E-state index >= 15 is 0 Å². The van der Waals surface area contributed by atoms with Crippen molar-refractivity contribution in [2.24, 2.45) is 0 Å². The molecule has 4 nitrogen and oxygen atoms in total. The SMILES string of the molecule is Cc1cc(C)c2cc(CN(Cc3ccccc3)C(=S)NCCc3ccccc3)c(=O)[nH]c2c1. The third kappa shape index (κ3) is 5.88. The van der Waals surface area contributed by atoms with Gasteiger partial charge in [0.05, 0.1) is 6.54 Å². The maximum atomic E-state index is 12.9. The first-order valence-electron chi connectivity index (χ1n) is 11.2. The van der Waals surface area contributed by atoms with Crippen LogP contribution < -0.4 is 10.9 Å².